The molecular formula is C21H27NO5. The van der Waals surface area contributed by atoms with Crippen molar-refractivity contribution < 1.29 is 23.7 Å². The van der Waals surface area contributed by atoms with Crippen molar-refractivity contribution >= 4 is 5.91 Å². The van der Waals surface area contributed by atoms with Gasteiger partial charge in [0, 0.05) is 6.42 Å². The van der Waals surface area contributed by atoms with E-state index in [0.29, 0.717) is 26.1 Å². The SMILES string of the molecule is COc1ccc(OCCCC(=O)NC(C)COc2ccc(OC)cc2)cc1. The number of amides is 1. The zero-order valence-corrected chi connectivity index (χ0v) is 16.1. The molecule has 1 N–H and O–H groups in total. The molecule has 27 heavy (non-hydrogen) atoms. The standard InChI is InChI=1S/C21H27NO5/c1-16(15-27-20-12-8-18(25-3)9-13-20)22-21(23)5-4-14-26-19-10-6-17(24-2)7-11-19/h6-13,16H,4-5,14-15H2,1-3H3,(H,22,23). The Balaban J connectivity index is 1.59. The van der Waals surface area contributed by atoms with Crippen molar-refractivity contribution in [3.63, 3.8) is 0 Å². The van der Waals surface area contributed by atoms with Gasteiger partial charge in [-0.25, -0.2) is 0 Å². The van der Waals surface area contributed by atoms with E-state index in [1.54, 1.807) is 14.2 Å². The van der Waals surface area contributed by atoms with Gasteiger partial charge in [0.1, 0.15) is 29.6 Å². The molecule has 0 bridgehead atoms. The Kier molecular flexibility index (Phi) is 8.29. The van der Waals surface area contributed by atoms with Crippen molar-refractivity contribution in [1.29, 1.82) is 0 Å². The largest absolute Gasteiger partial charge is 0.497 e. The van der Waals surface area contributed by atoms with Gasteiger partial charge in [-0.15, -0.1) is 0 Å². The van der Waals surface area contributed by atoms with Crippen molar-refractivity contribution in [3.05, 3.63) is 48.5 Å². The van der Waals surface area contributed by atoms with Crippen molar-refractivity contribution in [1.82, 2.24) is 5.32 Å². The molecule has 0 aliphatic heterocycles. The third kappa shape index (κ3) is 7.48. The Morgan fingerprint density at radius 1 is 0.852 bits per heavy atom. The first-order valence-corrected chi connectivity index (χ1v) is 8.94. The fourth-order valence-electron chi connectivity index (χ4n) is 2.38. The van der Waals surface area contributed by atoms with Gasteiger partial charge in [0.05, 0.1) is 26.9 Å². The highest BCUT2D eigenvalue weighted by Gasteiger charge is 2.08. The topological polar surface area (TPSA) is 66.0 Å². The molecule has 0 aromatic heterocycles. The highest BCUT2D eigenvalue weighted by molar-refractivity contribution is 5.76. The number of carbonyl (C=O) groups excluding carboxylic acids is 1. The van der Waals surface area contributed by atoms with Crippen LogP contribution in [0.25, 0.3) is 0 Å². The van der Waals surface area contributed by atoms with Crippen LogP contribution in [0.5, 0.6) is 23.0 Å². The number of ether oxygens (including phenoxy) is 4. The summed E-state index contributed by atoms with van der Waals surface area (Å²) in [6.45, 7) is 2.80. The molecule has 0 heterocycles. The van der Waals surface area contributed by atoms with Gasteiger partial charge in [0.2, 0.25) is 5.91 Å². The Morgan fingerprint density at radius 2 is 1.33 bits per heavy atom. The maximum absolute atomic E-state index is 12.0. The molecule has 0 aliphatic rings. The molecule has 6 nitrogen and oxygen atoms in total. The summed E-state index contributed by atoms with van der Waals surface area (Å²) in [6.07, 6.45) is 1.05. The van der Waals surface area contributed by atoms with Gasteiger partial charge in [-0.1, -0.05) is 0 Å². The van der Waals surface area contributed by atoms with Crippen LogP contribution in [0, 0.1) is 0 Å². The van der Waals surface area contributed by atoms with Gasteiger partial charge in [-0.3, -0.25) is 4.79 Å². The van der Waals surface area contributed by atoms with Crippen molar-refractivity contribution in [2.24, 2.45) is 0 Å². The molecule has 6 heteroatoms. The fraction of sp³-hybridized carbons (Fsp3) is 0.381. The lowest BCUT2D eigenvalue weighted by Gasteiger charge is -2.15. The quantitative estimate of drug-likeness (QED) is 0.611. The normalized spacial score (nSPS) is 11.4. The summed E-state index contributed by atoms with van der Waals surface area (Å²) in [5.74, 6) is 3.05. The van der Waals surface area contributed by atoms with Crippen LogP contribution in [0.15, 0.2) is 48.5 Å². The minimum atomic E-state index is -0.0814. The third-order valence-corrected chi connectivity index (χ3v) is 3.84. The van der Waals surface area contributed by atoms with E-state index in [1.165, 1.54) is 0 Å². The molecule has 0 saturated carbocycles. The second-order valence-corrected chi connectivity index (χ2v) is 6.08. The summed E-state index contributed by atoms with van der Waals surface area (Å²) in [6, 6.07) is 14.6. The first-order chi connectivity index (χ1) is 13.1. The highest BCUT2D eigenvalue weighted by atomic mass is 16.5. The van der Waals surface area contributed by atoms with E-state index in [4.69, 9.17) is 18.9 Å². The smallest absolute Gasteiger partial charge is 0.220 e. The van der Waals surface area contributed by atoms with Crippen LogP contribution in [-0.2, 0) is 4.79 Å². The first kappa shape index (κ1) is 20.4. The molecular weight excluding hydrogens is 346 g/mol. The number of benzene rings is 2. The molecule has 0 aliphatic carbocycles. The summed E-state index contributed by atoms with van der Waals surface area (Å²) in [5, 5.41) is 2.93. The van der Waals surface area contributed by atoms with Gasteiger partial charge in [0.15, 0.2) is 0 Å². The van der Waals surface area contributed by atoms with Gasteiger partial charge >= 0.3 is 0 Å². The van der Waals surface area contributed by atoms with Crippen LogP contribution in [0.2, 0.25) is 0 Å². The second-order valence-electron chi connectivity index (χ2n) is 6.08. The highest BCUT2D eigenvalue weighted by Crippen LogP contribution is 2.18. The van der Waals surface area contributed by atoms with E-state index >= 15 is 0 Å². The number of nitrogens with one attached hydrogen (secondary N) is 1. The summed E-state index contributed by atoms with van der Waals surface area (Å²) < 4.78 is 21.5. The van der Waals surface area contributed by atoms with E-state index in [0.717, 1.165) is 23.0 Å². The minimum Gasteiger partial charge on any atom is -0.497 e. The minimum absolute atomic E-state index is 0.0147. The molecule has 146 valence electrons. The molecule has 2 aromatic carbocycles. The predicted octanol–water partition coefficient (Wildman–Crippen LogP) is 3.45. The van der Waals surface area contributed by atoms with E-state index in [9.17, 15) is 4.79 Å². The van der Waals surface area contributed by atoms with Crippen molar-refractivity contribution in [2.45, 2.75) is 25.8 Å². The van der Waals surface area contributed by atoms with Crippen molar-refractivity contribution in [2.75, 3.05) is 27.4 Å². The second kappa shape index (κ2) is 11.0. The molecule has 1 unspecified atom stereocenters. The summed E-state index contributed by atoms with van der Waals surface area (Å²) >= 11 is 0. The number of hydrogen-bond donors (Lipinski definition) is 1. The molecule has 0 saturated heterocycles. The molecule has 0 spiro atoms. The average Bonchev–Trinajstić information content (AvgIpc) is 2.70. The Hall–Kier alpha value is -2.89. The molecule has 2 rings (SSSR count). The molecule has 1 atom stereocenters. The van der Waals surface area contributed by atoms with E-state index in [1.807, 2.05) is 55.5 Å². The maximum Gasteiger partial charge on any atom is 0.220 e. The zero-order chi connectivity index (χ0) is 19.5. The summed E-state index contributed by atoms with van der Waals surface area (Å²) in [7, 11) is 3.24. The van der Waals surface area contributed by atoms with Gasteiger partial charge in [-0.2, -0.15) is 0 Å². The third-order valence-electron chi connectivity index (χ3n) is 3.84. The molecule has 0 fully saturated rings. The predicted molar refractivity (Wildman–Crippen MR) is 104 cm³/mol. The summed E-state index contributed by atoms with van der Waals surface area (Å²) in [5.41, 5.74) is 0. The zero-order valence-electron chi connectivity index (χ0n) is 16.1. The lowest BCUT2D eigenvalue weighted by molar-refractivity contribution is -0.122. The van der Waals surface area contributed by atoms with Crippen LogP contribution < -0.4 is 24.3 Å². The summed E-state index contributed by atoms with van der Waals surface area (Å²) in [4.78, 5) is 12.0. The van der Waals surface area contributed by atoms with Crippen molar-refractivity contribution in [3.8, 4) is 23.0 Å². The Morgan fingerprint density at radius 3 is 1.85 bits per heavy atom. The van der Waals surface area contributed by atoms with E-state index in [-0.39, 0.29) is 11.9 Å². The van der Waals surface area contributed by atoms with E-state index < -0.39 is 0 Å². The number of rotatable bonds is 11. The molecule has 0 radical (unpaired) electrons. The lowest BCUT2D eigenvalue weighted by atomic mass is 10.2. The number of methoxy groups -OCH3 is 2. The monoisotopic (exact) mass is 373 g/mol. The van der Waals surface area contributed by atoms with Gasteiger partial charge in [-0.05, 0) is 61.9 Å². The maximum atomic E-state index is 12.0. The fourth-order valence-corrected chi connectivity index (χ4v) is 2.38. The van der Waals surface area contributed by atoms with E-state index in [2.05, 4.69) is 5.32 Å². The number of carbonyl (C=O) groups is 1. The van der Waals surface area contributed by atoms with Crippen LogP contribution in [0.3, 0.4) is 0 Å². The van der Waals surface area contributed by atoms with Crippen LogP contribution in [0.4, 0.5) is 0 Å². The number of hydrogen-bond acceptors (Lipinski definition) is 5. The average molecular weight is 373 g/mol. The molecule has 2 aromatic rings. The first-order valence-electron chi connectivity index (χ1n) is 8.94. The van der Waals surface area contributed by atoms with Gasteiger partial charge < -0.3 is 24.3 Å². The lowest BCUT2D eigenvalue weighted by Crippen LogP contribution is -2.36. The Labute approximate surface area is 160 Å². The van der Waals surface area contributed by atoms with Crippen LogP contribution in [0.1, 0.15) is 19.8 Å². The van der Waals surface area contributed by atoms with Crippen LogP contribution in [-0.4, -0.2) is 39.4 Å². The van der Waals surface area contributed by atoms with Gasteiger partial charge in [0.25, 0.3) is 0 Å². The van der Waals surface area contributed by atoms with Crippen LogP contribution >= 0.6 is 0 Å². The molecule has 1 amide bonds. The Bertz CT molecular complexity index is 685.